The first-order chi connectivity index (χ1) is 12.7. The van der Waals surface area contributed by atoms with Gasteiger partial charge in [-0.05, 0) is 36.2 Å². The normalized spacial score (nSPS) is 11.0. The minimum absolute atomic E-state index is 0.120. The fourth-order valence-electron chi connectivity index (χ4n) is 2.76. The van der Waals surface area contributed by atoms with Crippen LogP contribution in [0.1, 0.15) is 5.56 Å². The Bertz CT molecular complexity index is 1050. The molecule has 0 atom stereocenters. The number of aliphatic hydroxyl groups excluding tert-OH is 1. The average Bonchev–Trinajstić information content (AvgIpc) is 3.11. The van der Waals surface area contributed by atoms with Gasteiger partial charge in [0.05, 0.1) is 5.69 Å². The van der Waals surface area contributed by atoms with E-state index in [0.29, 0.717) is 29.3 Å². The fourth-order valence-corrected chi connectivity index (χ4v) is 2.76. The van der Waals surface area contributed by atoms with Gasteiger partial charge in [-0.1, -0.05) is 24.3 Å². The van der Waals surface area contributed by atoms with Gasteiger partial charge in [0.15, 0.2) is 0 Å². The van der Waals surface area contributed by atoms with E-state index < -0.39 is 0 Å². The first kappa shape index (κ1) is 16.2. The molecule has 0 unspecified atom stereocenters. The van der Waals surface area contributed by atoms with Crippen LogP contribution < -0.4 is 5.32 Å². The molecule has 6 nitrogen and oxygen atoms in total. The van der Waals surface area contributed by atoms with Gasteiger partial charge in [-0.15, -0.1) is 0 Å². The van der Waals surface area contributed by atoms with Gasteiger partial charge in [-0.25, -0.2) is 4.39 Å². The topological polar surface area (TPSA) is 75.3 Å². The van der Waals surface area contributed by atoms with Crippen molar-refractivity contribution in [2.24, 2.45) is 0 Å². The van der Waals surface area contributed by atoms with Crippen molar-refractivity contribution in [3.63, 3.8) is 0 Å². The molecule has 2 N–H and O–H groups in total. The number of rotatable bonds is 5. The Morgan fingerprint density at radius 2 is 1.92 bits per heavy atom. The number of nitrogens with zero attached hydrogens (tertiary/aromatic N) is 4. The van der Waals surface area contributed by atoms with Crippen LogP contribution in [-0.2, 0) is 6.42 Å². The number of fused-ring (bicyclic) bond motifs is 1. The summed E-state index contributed by atoms with van der Waals surface area (Å²) in [5.41, 5.74) is 3.28. The fraction of sp³-hybridized carbons (Fsp3) is 0.105. The smallest absolute Gasteiger partial charge is 0.254 e. The SMILES string of the molecule is OCCc1ccc(Nc2cc(-c3cccc(F)c3)n3ncnc3n2)cc1. The Labute approximate surface area is 149 Å². The number of halogens is 1. The van der Waals surface area contributed by atoms with Crippen molar-refractivity contribution in [2.45, 2.75) is 6.42 Å². The summed E-state index contributed by atoms with van der Waals surface area (Å²) in [5, 5.41) is 16.4. The van der Waals surface area contributed by atoms with Gasteiger partial charge in [-0.3, -0.25) is 0 Å². The van der Waals surface area contributed by atoms with Crippen LogP contribution in [0.15, 0.2) is 60.9 Å². The number of nitrogens with one attached hydrogen (secondary N) is 1. The van der Waals surface area contributed by atoms with E-state index in [4.69, 9.17) is 5.11 Å². The van der Waals surface area contributed by atoms with E-state index in [1.165, 1.54) is 18.5 Å². The van der Waals surface area contributed by atoms with Crippen LogP contribution in [0.5, 0.6) is 0 Å². The minimum atomic E-state index is -0.318. The van der Waals surface area contributed by atoms with Gasteiger partial charge in [-0.2, -0.15) is 19.6 Å². The lowest BCUT2D eigenvalue weighted by Gasteiger charge is -2.10. The van der Waals surface area contributed by atoms with Crippen molar-refractivity contribution in [1.82, 2.24) is 19.6 Å². The molecule has 0 aliphatic rings. The summed E-state index contributed by atoms with van der Waals surface area (Å²) in [7, 11) is 0. The summed E-state index contributed by atoms with van der Waals surface area (Å²) in [4.78, 5) is 8.59. The molecule has 0 spiro atoms. The second-order valence-corrected chi connectivity index (χ2v) is 5.80. The van der Waals surface area contributed by atoms with Gasteiger partial charge in [0, 0.05) is 23.9 Å². The lowest BCUT2D eigenvalue weighted by atomic mass is 10.1. The van der Waals surface area contributed by atoms with E-state index in [0.717, 1.165) is 11.3 Å². The van der Waals surface area contributed by atoms with Gasteiger partial charge in [0.1, 0.15) is 18.0 Å². The van der Waals surface area contributed by atoms with Crippen LogP contribution in [0.4, 0.5) is 15.9 Å². The predicted molar refractivity (Wildman–Crippen MR) is 96.7 cm³/mol. The third kappa shape index (κ3) is 3.25. The van der Waals surface area contributed by atoms with E-state index in [-0.39, 0.29) is 12.4 Å². The molecule has 26 heavy (non-hydrogen) atoms. The highest BCUT2D eigenvalue weighted by Crippen LogP contribution is 2.24. The van der Waals surface area contributed by atoms with E-state index in [9.17, 15) is 4.39 Å². The Morgan fingerprint density at radius 1 is 1.08 bits per heavy atom. The molecule has 2 aromatic heterocycles. The first-order valence-corrected chi connectivity index (χ1v) is 8.16. The molecule has 7 heteroatoms. The molecule has 0 aliphatic heterocycles. The number of benzene rings is 2. The number of aromatic nitrogens is 4. The van der Waals surface area contributed by atoms with Crippen LogP contribution in [0.25, 0.3) is 17.0 Å². The molecule has 0 radical (unpaired) electrons. The highest BCUT2D eigenvalue weighted by atomic mass is 19.1. The summed E-state index contributed by atoms with van der Waals surface area (Å²) >= 11 is 0. The maximum Gasteiger partial charge on any atom is 0.254 e. The lowest BCUT2D eigenvalue weighted by Crippen LogP contribution is -2.02. The van der Waals surface area contributed by atoms with Crippen molar-refractivity contribution in [3.8, 4) is 11.3 Å². The molecule has 2 aromatic carbocycles. The number of aliphatic hydroxyl groups is 1. The Morgan fingerprint density at radius 3 is 2.69 bits per heavy atom. The third-order valence-corrected chi connectivity index (χ3v) is 4.00. The first-order valence-electron chi connectivity index (χ1n) is 8.16. The van der Waals surface area contributed by atoms with E-state index >= 15 is 0 Å². The molecule has 2 heterocycles. The largest absolute Gasteiger partial charge is 0.396 e. The highest BCUT2D eigenvalue weighted by Gasteiger charge is 2.10. The average molecular weight is 349 g/mol. The van der Waals surface area contributed by atoms with Crippen LogP contribution in [-0.4, -0.2) is 31.3 Å². The second kappa shape index (κ2) is 6.89. The molecule has 0 fully saturated rings. The second-order valence-electron chi connectivity index (χ2n) is 5.80. The van der Waals surface area contributed by atoms with Crippen LogP contribution in [0, 0.1) is 5.82 Å². The highest BCUT2D eigenvalue weighted by molar-refractivity contribution is 5.68. The maximum atomic E-state index is 13.6. The lowest BCUT2D eigenvalue weighted by molar-refractivity contribution is 0.299. The standard InChI is InChI=1S/C19H16FN5O/c20-15-3-1-2-14(10-15)17-11-18(24-19-21-12-22-25(17)19)23-16-6-4-13(5-7-16)8-9-26/h1-7,10-12,26H,8-9H2,(H,21,22,23,24). The molecule has 0 saturated carbocycles. The number of anilines is 2. The quantitative estimate of drug-likeness (QED) is 0.579. The molecular formula is C19H16FN5O. The molecular weight excluding hydrogens is 333 g/mol. The Hall–Kier alpha value is -3.32. The zero-order valence-electron chi connectivity index (χ0n) is 13.8. The molecule has 0 saturated heterocycles. The maximum absolute atomic E-state index is 13.6. The van der Waals surface area contributed by atoms with Gasteiger partial charge >= 0.3 is 0 Å². The summed E-state index contributed by atoms with van der Waals surface area (Å²) in [6.45, 7) is 0.120. The van der Waals surface area contributed by atoms with E-state index in [1.807, 2.05) is 30.3 Å². The van der Waals surface area contributed by atoms with E-state index in [2.05, 4.69) is 20.4 Å². The third-order valence-electron chi connectivity index (χ3n) is 4.00. The molecule has 0 aliphatic carbocycles. The molecule has 0 bridgehead atoms. The van der Waals surface area contributed by atoms with Gasteiger partial charge in [0.25, 0.3) is 5.78 Å². The molecule has 4 rings (SSSR count). The van der Waals surface area contributed by atoms with Crippen LogP contribution in [0.3, 0.4) is 0 Å². The molecule has 130 valence electrons. The molecule has 4 aromatic rings. The van der Waals surface area contributed by atoms with Crippen molar-refractivity contribution in [3.05, 3.63) is 72.3 Å². The summed E-state index contributed by atoms with van der Waals surface area (Å²) < 4.78 is 15.2. The summed E-state index contributed by atoms with van der Waals surface area (Å²) in [6, 6.07) is 15.8. The van der Waals surface area contributed by atoms with Crippen LogP contribution in [0.2, 0.25) is 0 Å². The van der Waals surface area contributed by atoms with Crippen molar-refractivity contribution < 1.29 is 9.50 Å². The Balaban J connectivity index is 1.72. The monoisotopic (exact) mass is 349 g/mol. The summed E-state index contributed by atoms with van der Waals surface area (Å²) in [5.74, 6) is 0.687. The number of hydrogen-bond donors (Lipinski definition) is 2. The zero-order chi connectivity index (χ0) is 17.9. The van der Waals surface area contributed by atoms with Crippen molar-refractivity contribution in [1.29, 1.82) is 0 Å². The van der Waals surface area contributed by atoms with Crippen molar-refractivity contribution in [2.75, 3.05) is 11.9 Å². The van der Waals surface area contributed by atoms with Gasteiger partial charge < -0.3 is 10.4 Å². The zero-order valence-corrected chi connectivity index (χ0v) is 13.8. The predicted octanol–water partition coefficient (Wildman–Crippen LogP) is 3.21. The van der Waals surface area contributed by atoms with Crippen LogP contribution >= 0.6 is 0 Å². The van der Waals surface area contributed by atoms with Crippen molar-refractivity contribution >= 4 is 17.3 Å². The molecule has 0 amide bonds. The minimum Gasteiger partial charge on any atom is -0.396 e. The summed E-state index contributed by atoms with van der Waals surface area (Å²) in [6.07, 6.45) is 2.03. The van der Waals surface area contributed by atoms with Gasteiger partial charge in [0.2, 0.25) is 0 Å². The van der Waals surface area contributed by atoms with E-state index in [1.54, 1.807) is 16.6 Å². The number of hydrogen-bond acceptors (Lipinski definition) is 5. The Kier molecular flexibility index (Phi) is 4.28.